The van der Waals surface area contributed by atoms with Gasteiger partial charge in [0.1, 0.15) is 17.3 Å². The Bertz CT molecular complexity index is 954. The second-order valence-corrected chi connectivity index (χ2v) is 9.14. The minimum absolute atomic E-state index is 0.160. The number of ketones is 1. The molecule has 154 valence electrons. The van der Waals surface area contributed by atoms with Crippen LogP contribution in [0.1, 0.15) is 69.4 Å². The Balaban J connectivity index is 1.55. The molecule has 0 heterocycles. The van der Waals surface area contributed by atoms with E-state index in [9.17, 15) is 15.0 Å². The molecule has 3 heteroatoms. The molecule has 2 aromatic carbocycles. The lowest BCUT2D eigenvalue weighted by atomic mass is 9.64. The molecule has 3 atom stereocenters. The Morgan fingerprint density at radius 1 is 1.03 bits per heavy atom. The van der Waals surface area contributed by atoms with Gasteiger partial charge in [0.05, 0.1) is 0 Å². The monoisotopic (exact) mass is 392 g/mol. The number of hydrogen-bond donors (Lipinski definition) is 2. The fraction of sp³-hybridized carbons (Fsp3) is 0.500. The number of Topliss-reactive ketones (excluding diaryl/α,β-unsaturated/α-hetero) is 1. The highest BCUT2D eigenvalue weighted by molar-refractivity contribution is 5.97. The number of rotatable bonds is 4. The fourth-order valence-corrected chi connectivity index (χ4v) is 5.66. The molecular weight excluding hydrogens is 360 g/mol. The van der Waals surface area contributed by atoms with Gasteiger partial charge in [-0.1, -0.05) is 55.9 Å². The standard InChI is InChI=1S/C26H32O3/c1-16-10-12-21-23(14-16)25(28)15-22(26(21)29)17(2)11-13-24(27)20-9-5-7-18-6-3-4-8-19(18)20/h10-12,14-15,18-20,28-29H,3-9,13H2,1-2H3. The molecule has 2 aliphatic carbocycles. The SMILES string of the molecule is CC(=CCC(=O)C1CCCC2CCCCC21)c1cc(O)c2cc(C)ccc2c1O. The summed E-state index contributed by atoms with van der Waals surface area (Å²) in [7, 11) is 0. The minimum atomic E-state index is 0.160. The Morgan fingerprint density at radius 2 is 1.79 bits per heavy atom. The van der Waals surface area contributed by atoms with E-state index in [4.69, 9.17) is 0 Å². The van der Waals surface area contributed by atoms with E-state index in [0.29, 0.717) is 34.5 Å². The smallest absolute Gasteiger partial charge is 0.140 e. The largest absolute Gasteiger partial charge is 0.507 e. The molecule has 3 unspecified atom stereocenters. The molecule has 29 heavy (non-hydrogen) atoms. The van der Waals surface area contributed by atoms with Crippen molar-refractivity contribution in [1.82, 2.24) is 0 Å². The van der Waals surface area contributed by atoms with E-state index >= 15 is 0 Å². The maximum absolute atomic E-state index is 13.0. The fourth-order valence-electron chi connectivity index (χ4n) is 5.66. The molecular formula is C26H32O3. The van der Waals surface area contributed by atoms with Crippen LogP contribution < -0.4 is 0 Å². The van der Waals surface area contributed by atoms with E-state index < -0.39 is 0 Å². The van der Waals surface area contributed by atoms with Gasteiger partial charge in [-0.2, -0.15) is 0 Å². The average Bonchev–Trinajstić information content (AvgIpc) is 2.73. The third-order valence-electron chi connectivity index (χ3n) is 7.26. The number of aryl methyl sites for hydroxylation is 1. The summed E-state index contributed by atoms with van der Waals surface area (Å²) in [5.41, 5.74) is 2.47. The molecule has 0 aromatic heterocycles. The van der Waals surface area contributed by atoms with Gasteiger partial charge in [-0.3, -0.25) is 4.79 Å². The Morgan fingerprint density at radius 3 is 2.62 bits per heavy atom. The first-order valence-electron chi connectivity index (χ1n) is 11.1. The summed E-state index contributed by atoms with van der Waals surface area (Å²) >= 11 is 0. The highest BCUT2D eigenvalue weighted by Crippen LogP contribution is 2.45. The van der Waals surface area contributed by atoms with Gasteiger partial charge in [0.15, 0.2) is 0 Å². The van der Waals surface area contributed by atoms with Gasteiger partial charge >= 0.3 is 0 Å². The van der Waals surface area contributed by atoms with Gasteiger partial charge in [0, 0.05) is 28.7 Å². The summed E-state index contributed by atoms with van der Waals surface area (Å²) in [5, 5.41) is 22.5. The Kier molecular flexibility index (Phi) is 5.67. The van der Waals surface area contributed by atoms with Crippen LogP contribution in [0.15, 0.2) is 30.3 Å². The third kappa shape index (κ3) is 3.92. The van der Waals surface area contributed by atoms with Crippen molar-refractivity contribution < 1.29 is 15.0 Å². The van der Waals surface area contributed by atoms with Crippen molar-refractivity contribution in [1.29, 1.82) is 0 Å². The van der Waals surface area contributed by atoms with Gasteiger partial charge in [-0.25, -0.2) is 0 Å². The van der Waals surface area contributed by atoms with Gasteiger partial charge in [0.25, 0.3) is 0 Å². The molecule has 0 radical (unpaired) electrons. The van der Waals surface area contributed by atoms with Crippen LogP contribution in [0.2, 0.25) is 0 Å². The van der Waals surface area contributed by atoms with Crippen LogP contribution in [0.5, 0.6) is 11.5 Å². The van der Waals surface area contributed by atoms with Gasteiger partial charge in [0.2, 0.25) is 0 Å². The number of aromatic hydroxyl groups is 2. The number of allylic oxidation sites excluding steroid dienone is 2. The molecule has 0 spiro atoms. The quantitative estimate of drug-likeness (QED) is 0.582. The topological polar surface area (TPSA) is 57.5 Å². The zero-order chi connectivity index (χ0) is 20.5. The first kappa shape index (κ1) is 20.0. The maximum Gasteiger partial charge on any atom is 0.140 e. The van der Waals surface area contributed by atoms with E-state index in [2.05, 4.69) is 0 Å². The van der Waals surface area contributed by atoms with Crippen LogP contribution >= 0.6 is 0 Å². The first-order valence-corrected chi connectivity index (χ1v) is 11.1. The number of carbonyl (C=O) groups excluding carboxylic acids is 1. The predicted molar refractivity (Wildman–Crippen MR) is 118 cm³/mol. The normalized spacial score (nSPS) is 25.0. The summed E-state index contributed by atoms with van der Waals surface area (Å²) in [6.45, 7) is 3.87. The van der Waals surface area contributed by atoms with Crippen LogP contribution in [-0.4, -0.2) is 16.0 Å². The van der Waals surface area contributed by atoms with Crippen molar-refractivity contribution in [2.24, 2.45) is 17.8 Å². The number of phenols is 2. The van der Waals surface area contributed by atoms with Crippen molar-refractivity contribution in [3.05, 3.63) is 41.5 Å². The predicted octanol–water partition coefficient (Wildman–Crippen LogP) is 6.53. The highest BCUT2D eigenvalue weighted by atomic mass is 16.3. The van der Waals surface area contributed by atoms with Gasteiger partial charge in [-0.15, -0.1) is 0 Å². The van der Waals surface area contributed by atoms with E-state index in [1.807, 2.05) is 38.1 Å². The highest BCUT2D eigenvalue weighted by Gasteiger charge is 2.37. The number of carbonyl (C=O) groups is 1. The molecule has 2 fully saturated rings. The molecule has 0 aliphatic heterocycles. The second-order valence-electron chi connectivity index (χ2n) is 9.14. The van der Waals surface area contributed by atoms with Gasteiger partial charge < -0.3 is 10.2 Å². The Hall–Kier alpha value is -2.29. The Labute approximate surface area is 173 Å². The van der Waals surface area contributed by atoms with Crippen LogP contribution in [0.25, 0.3) is 16.3 Å². The van der Waals surface area contributed by atoms with Crippen molar-refractivity contribution in [2.75, 3.05) is 0 Å². The van der Waals surface area contributed by atoms with Gasteiger partial charge in [-0.05, 0) is 56.2 Å². The molecule has 0 saturated heterocycles. The van der Waals surface area contributed by atoms with Crippen LogP contribution in [-0.2, 0) is 4.79 Å². The van der Waals surface area contributed by atoms with E-state index in [-0.39, 0.29) is 17.4 Å². The van der Waals surface area contributed by atoms with E-state index in [1.54, 1.807) is 6.07 Å². The average molecular weight is 393 g/mol. The lowest BCUT2D eigenvalue weighted by Gasteiger charge is -2.40. The first-order chi connectivity index (χ1) is 14.0. The summed E-state index contributed by atoms with van der Waals surface area (Å²) in [6, 6.07) is 7.26. The summed E-state index contributed by atoms with van der Waals surface area (Å²) in [6.07, 6.45) is 11.0. The summed E-state index contributed by atoms with van der Waals surface area (Å²) < 4.78 is 0. The van der Waals surface area contributed by atoms with Crippen molar-refractivity contribution in [3.63, 3.8) is 0 Å². The van der Waals surface area contributed by atoms with Crippen LogP contribution in [0, 0.1) is 24.7 Å². The van der Waals surface area contributed by atoms with Crippen molar-refractivity contribution >= 4 is 22.1 Å². The number of hydrogen-bond acceptors (Lipinski definition) is 3. The molecule has 3 nitrogen and oxygen atoms in total. The minimum Gasteiger partial charge on any atom is -0.507 e. The summed E-state index contributed by atoms with van der Waals surface area (Å²) in [5.74, 6) is 2.22. The van der Waals surface area contributed by atoms with Crippen LogP contribution in [0.4, 0.5) is 0 Å². The zero-order valence-corrected chi connectivity index (χ0v) is 17.6. The molecule has 4 rings (SSSR count). The van der Waals surface area contributed by atoms with Crippen molar-refractivity contribution in [2.45, 2.75) is 65.2 Å². The molecule has 2 aliphatic rings. The number of phenolic OH excluding ortho intramolecular Hbond substituents is 2. The maximum atomic E-state index is 13.0. The van der Waals surface area contributed by atoms with E-state index in [1.165, 1.54) is 38.5 Å². The van der Waals surface area contributed by atoms with E-state index in [0.717, 1.165) is 23.5 Å². The lowest BCUT2D eigenvalue weighted by molar-refractivity contribution is -0.126. The second kappa shape index (κ2) is 8.22. The molecule has 0 amide bonds. The molecule has 2 aromatic rings. The molecule has 2 saturated carbocycles. The van der Waals surface area contributed by atoms with Crippen LogP contribution in [0.3, 0.4) is 0 Å². The number of benzene rings is 2. The summed E-state index contributed by atoms with van der Waals surface area (Å²) in [4.78, 5) is 13.0. The third-order valence-corrected chi connectivity index (χ3v) is 7.26. The zero-order valence-electron chi connectivity index (χ0n) is 17.6. The lowest BCUT2D eigenvalue weighted by Crippen LogP contribution is -2.35. The number of fused-ring (bicyclic) bond motifs is 2. The molecule has 2 N–H and O–H groups in total. The molecule has 0 bridgehead atoms. The van der Waals surface area contributed by atoms with Crippen molar-refractivity contribution in [3.8, 4) is 11.5 Å².